The van der Waals surface area contributed by atoms with Gasteiger partial charge in [0.15, 0.2) is 0 Å². The first-order valence-corrected chi connectivity index (χ1v) is 7.44. The van der Waals surface area contributed by atoms with E-state index in [2.05, 4.69) is 5.32 Å². The lowest BCUT2D eigenvalue weighted by Crippen LogP contribution is -2.29. The Morgan fingerprint density at radius 2 is 1.73 bits per heavy atom. The van der Waals surface area contributed by atoms with Crippen LogP contribution in [0.4, 0.5) is 0 Å². The highest BCUT2D eigenvalue weighted by Gasteiger charge is 2.02. The van der Waals surface area contributed by atoms with Crippen LogP contribution >= 0.6 is 0 Å². The van der Waals surface area contributed by atoms with Gasteiger partial charge in [-0.15, -0.1) is 0 Å². The Bertz CT molecular complexity index is 584. The number of hydrogen-bond donors (Lipinski definition) is 1. The van der Waals surface area contributed by atoms with E-state index in [1.54, 1.807) is 0 Å². The van der Waals surface area contributed by atoms with E-state index in [-0.39, 0.29) is 5.91 Å². The third kappa shape index (κ3) is 5.48. The van der Waals surface area contributed by atoms with Gasteiger partial charge in [-0.3, -0.25) is 4.79 Å². The van der Waals surface area contributed by atoms with Crippen LogP contribution in [0.3, 0.4) is 0 Å². The van der Waals surface area contributed by atoms with E-state index in [9.17, 15) is 4.79 Å². The van der Waals surface area contributed by atoms with Crippen molar-refractivity contribution < 1.29 is 14.3 Å². The predicted molar refractivity (Wildman–Crippen MR) is 86.3 cm³/mol. The molecule has 1 N–H and O–H groups in total. The van der Waals surface area contributed by atoms with E-state index < -0.39 is 0 Å². The molecule has 2 aromatic carbocycles. The van der Waals surface area contributed by atoms with Crippen molar-refractivity contribution in [2.24, 2.45) is 0 Å². The first-order valence-electron chi connectivity index (χ1n) is 7.44. The van der Waals surface area contributed by atoms with Crippen molar-refractivity contribution in [2.45, 2.75) is 13.3 Å². The zero-order valence-electron chi connectivity index (χ0n) is 12.7. The lowest BCUT2D eigenvalue weighted by atomic mass is 10.1. The molecule has 0 aliphatic carbocycles. The summed E-state index contributed by atoms with van der Waals surface area (Å²) >= 11 is 0. The third-order valence-electron chi connectivity index (χ3n) is 3.02. The molecule has 1 amide bonds. The largest absolute Gasteiger partial charge is 0.494 e. The smallest absolute Gasteiger partial charge is 0.224 e. The summed E-state index contributed by atoms with van der Waals surface area (Å²) in [4.78, 5) is 11.8. The summed E-state index contributed by atoms with van der Waals surface area (Å²) in [7, 11) is 0. The number of carbonyl (C=O) groups excluding carboxylic acids is 1. The second kappa shape index (κ2) is 8.72. The van der Waals surface area contributed by atoms with E-state index in [1.807, 2.05) is 61.5 Å². The first-order chi connectivity index (χ1) is 10.8. The van der Waals surface area contributed by atoms with E-state index in [4.69, 9.17) is 9.47 Å². The summed E-state index contributed by atoms with van der Waals surface area (Å²) < 4.78 is 11.0. The Morgan fingerprint density at radius 1 is 1.00 bits per heavy atom. The molecular formula is C18H21NO3. The summed E-state index contributed by atoms with van der Waals surface area (Å²) in [5.41, 5.74) is 1.00. The summed E-state index contributed by atoms with van der Waals surface area (Å²) in [6.07, 6.45) is 0.390. The summed E-state index contributed by atoms with van der Waals surface area (Å²) in [6, 6.07) is 17.2. The normalized spacial score (nSPS) is 10.0. The van der Waals surface area contributed by atoms with Crippen LogP contribution in [-0.4, -0.2) is 25.7 Å². The Labute approximate surface area is 131 Å². The fraction of sp³-hybridized carbons (Fsp3) is 0.278. The molecule has 2 rings (SSSR count). The van der Waals surface area contributed by atoms with E-state index >= 15 is 0 Å². The lowest BCUT2D eigenvalue weighted by Gasteiger charge is -2.09. The molecule has 0 radical (unpaired) electrons. The van der Waals surface area contributed by atoms with Gasteiger partial charge < -0.3 is 14.8 Å². The molecule has 2 aromatic rings. The second-order valence-electron chi connectivity index (χ2n) is 4.77. The Morgan fingerprint density at radius 3 is 2.45 bits per heavy atom. The standard InChI is InChI=1S/C18H21NO3/c1-2-21-16-9-6-10-17(14-16)22-12-11-19-18(20)13-15-7-4-3-5-8-15/h3-10,14H,2,11-13H2,1H3,(H,19,20). The van der Waals surface area contributed by atoms with Gasteiger partial charge in [-0.2, -0.15) is 0 Å². The molecule has 0 saturated carbocycles. The van der Waals surface area contributed by atoms with Crippen LogP contribution < -0.4 is 14.8 Å². The first kappa shape index (κ1) is 15.9. The van der Waals surface area contributed by atoms with Crippen molar-refractivity contribution in [3.63, 3.8) is 0 Å². The number of benzene rings is 2. The van der Waals surface area contributed by atoms with Crippen LogP contribution in [0, 0.1) is 0 Å². The molecule has 0 atom stereocenters. The topological polar surface area (TPSA) is 47.6 Å². The van der Waals surface area contributed by atoms with Gasteiger partial charge in [-0.25, -0.2) is 0 Å². The van der Waals surface area contributed by atoms with Crippen LogP contribution in [0.25, 0.3) is 0 Å². The van der Waals surface area contributed by atoms with Gasteiger partial charge in [0.25, 0.3) is 0 Å². The van der Waals surface area contributed by atoms with Gasteiger partial charge in [-0.05, 0) is 24.6 Å². The molecule has 22 heavy (non-hydrogen) atoms. The number of nitrogens with one attached hydrogen (secondary N) is 1. The van der Waals surface area contributed by atoms with Crippen LogP contribution in [0.1, 0.15) is 12.5 Å². The minimum Gasteiger partial charge on any atom is -0.494 e. The highest BCUT2D eigenvalue weighted by Crippen LogP contribution is 2.19. The molecule has 0 unspecified atom stereocenters. The number of amides is 1. The average molecular weight is 299 g/mol. The molecule has 0 spiro atoms. The highest BCUT2D eigenvalue weighted by molar-refractivity contribution is 5.78. The zero-order valence-corrected chi connectivity index (χ0v) is 12.7. The Hall–Kier alpha value is -2.49. The minimum atomic E-state index is -0.00197. The van der Waals surface area contributed by atoms with Gasteiger partial charge in [0.2, 0.25) is 5.91 Å². The predicted octanol–water partition coefficient (Wildman–Crippen LogP) is 2.82. The highest BCUT2D eigenvalue weighted by atomic mass is 16.5. The SMILES string of the molecule is CCOc1cccc(OCCNC(=O)Cc2ccccc2)c1. The molecule has 4 nitrogen and oxygen atoms in total. The molecule has 0 heterocycles. The van der Waals surface area contributed by atoms with Crippen molar-refractivity contribution in [1.82, 2.24) is 5.32 Å². The molecule has 0 bridgehead atoms. The van der Waals surface area contributed by atoms with Gasteiger partial charge in [0.05, 0.1) is 19.6 Å². The van der Waals surface area contributed by atoms with Crippen molar-refractivity contribution in [2.75, 3.05) is 19.8 Å². The van der Waals surface area contributed by atoms with Crippen molar-refractivity contribution in [3.8, 4) is 11.5 Å². The van der Waals surface area contributed by atoms with Crippen LogP contribution in [0.5, 0.6) is 11.5 Å². The maximum Gasteiger partial charge on any atom is 0.224 e. The van der Waals surface area contributed by atoms with Crippen molar-refractivity contribution in [3.05, 3.63) is 60.2 Å². The number of ether oxygens (including phenoxy) is 2. The van der Waals surface area contributed by atoms with Crippen molar-refractivity contribution >= 4 is 5.91 Å². The average Bonchev–Trinajstić information content (AvgIpc) is 2.53. The zero-order chi connectivity index (χ0) is 15.6. The molecule has 0 aliphatic rings. The fourth-order valence-electron chi connectivity index (χ4n) is 2.02. The van der Waals surface area contributed by atoms with E-state index in [0.29, 0.717) is 26.2 Å². The van der Waals surface area contributed by atoms with Gasteiger partial charge >= 0.3 is 0 Å². The van der Waals surface area contributed by atoms with Crippen molar-refractivity contribution in [1.29, 1.82) is 0 Å². The number of rotatable bonds is 8. The van der Waals surface area contributed by atoms with Crippen LogP contribution in [-0.2, 0) is 11.2 Å². The monoisotopic (exact) mass is 299 g/mol. The number of carbonyl (C=O) groups is 1. The Balaban J connectivity index is 1.68. The summed E-state index contributed by atoms with van der Waals surface area (Å²) in [5, 5.41) is 2.85. The quantitative estimate of drug-likeness (QED) is 0.763. The maximum atomic E-state index is 11.8. The Kier molecular flexibility index (Phi) is 6.30. The molecule has 116 valence electrons. The molecular weight excluding hydrogens is 278 g/mol. The number of hydrogen-bond acceptors (Lipinski definition) is 3. The summed E-state index contributed by atoms with van der Waals surface area (Å²) in [6.45, 7) is 3.47. The fourth-order valence-corrected chi connectivity index (χ4v) is 2.02. The third-order valence-corrected chi connectivity index (χ3v) is 3.02. The molecule has 0 fully saturated rings. The maximum absolute atomic E-state index is 11.8. The molecule has 4 heteroatoms. The molecule has 0 aliphatic heterocycles. The van der Waals surface area contributed by atoms with Gasteiger partial charge in [0.1, 0.15) is 18.1 Å². The van der Waals surface area contributed by atoms with Crippen LogP contribution in [0.2, 0.25) is 0 Å². The van der Waals surface area contributed by atoms with E-state index in [1.165, 1.54) is 0 Å². The van der Waals surface area contributed by atoms with Gasteiger partial charge in [-0.1, -0.05) is 36.4 Å². The van der Waals surface area contributed by atoms with E-state index in [0.717, 1.165) is 17.1 Å². The van der Waals surface area contributed by atoms with Crippen LogP contribution in [0.15, 0.2) is 54.6 Å². The minimum absolute atomic E-state index is 0.00197. The molecule has 0 aromatic heterocycles. The molecule has 0 saturated heterocycles. The lowest BCUT2D eigenvalue weighted by molar-refractivity contribution is -0.120. The second-order valence-corrected chi connectivity index (χ2v) is 4.77. The van der Waals surface area contributed by atoms with Gasteiger partial charge in [0, 0.05) is 6.07 Å². The summed E-state index contributed by atoms with van der Waals surface area (Å²) in [5.74, 6) is 1.52.